The molecule has 2 aromatic carbocycles. The van der Waals surface area contributed by atoms with Gasteiger partial charge in [0, 0.05) is 26.2 Å². The van der Waals surface area contributed by atoms with E-state index in [4.69, 9.17) is 5.14 Å². The number of sulfonamides is 2. The summed E-state index contributed by atoms with van der Waals surface area (Å²) < 4.78 is 50.2. The number of rotatable bonds is 5. The molecule has 32 heavy (non-hydrogen) atoms. The van der Waals surface area contributed by atoms with Gasteiger partial charge in [-0.1, -0.05) is 24.3 Å². The Morgan fingerprint density at radius 2 is 1.72 bits per heavy atom. The molecule has 3 rings (SSSR count). The van der Waals surface area contributed by atoms with Gasteiger partial charge in [0.15, 0.2) is 0 Å². The summed E-state index contributed by atoms with van der Waals surface area (Å²) in [7, 11) is -7.72. The third-order valence-corrected chi connectivity index (χ3v) is 8.05. The van der Waals surface area contributed by atoms with Crippen LogP contribution < -0.4 is 10.5 Å². The van der Waals surface area contributed by atoms with Crippen LogP contribution in [0.15, 0.2) is 58.3 Å². The lowest BCUT2D eigenvalue weighted by atomic mass is 10.1. The van der Waals surface area contributed by atoms with E-state index in [2.05, 4.69) is 5.32 Å². The van der Waals surface area contributed by atoms with E-state index in [1.165, 1.54) is 33.5 Å². The van der Waals surface area contributed by atoms with Crippen molar-refractivity contribution in [3.8, 4) is 6.07 Å². The van der Waals surface area contributed by atoms with E-state index in [1.54, 1.807) is 31.2 Å². The quantitative estimate of drug-likeness (QED) is 0.654. The lowest BCUT2D eigenvalue weighted by Gasteiger charge is -2.34. The Hall–Kier alpha value is -2.98. The molecule has 0 spiro atoms. The van der Waals surface area contributed by atoms with Crippen molar-refractivity contribution in [2.45, 2.75) is 22.8 Å². The molecule has 3 N–H and O–H groups in total. The van der Waals surface area contributed by atoms with Crippen LogP contribution in [0.3, 0.4) is 0 Å². The molecule has 1 heterocycles. The Bertz CT molecular complexity index is 1260. The Kier molecular flexibility index (Phi) is 6.85. The Morgan fingerprint density at radius 1 is 1.06 bits per heavy atom. The molecular formula is C20H23N5O5S2. The minimum Gasteiger partial charge on any atom is -0.331 e. The highest BCUT2D eigenvalue weighted by molar-refractivity contribution is 7.89. The molecule has 0 saturated carbocycles. The zero-order valence-corrected chi connectivity index (χ0v) is 18.9. The first-order valence-electron chi connectivity index (χ1n) is 9.71. The number of primary sulfonamides is 1. The van der Waals surface area contributed by atoms with Crippen molar-refractivity contribution in [1.29, 1.82) is 5.26 Å². The minimum atomic E-state index is -3.86. The summed E-state index contributed by atoms with van der Waals surface area (Å²) in [5.74, 6) is 0. The van der Waals surface area contributed by atoms with Crippen molar-refractivity contribution >= 4 is 26.1 Å². The average molecular weight is 478 g/mol. The van der Waals surface area contributed by atoms with Gasteiger partial charge in [0.1, 0.15) is 6.07 Å². The van der Waals surface area contributed by atoms with Gasteiger partial charge in [-0.3, -0.25) is 0 Å². The number of hydrogen-bond donors (Lipinski definition) is 2. The van der Waals surface area contributed by atoms with Crippen LogP contribution >= 0.6 is 0 Å². The molecule has 0 aliphatic carbocycles. The van der Waals surface area contributed by atoms with Gasteiger partial charge in [0.2, 0.25) is 20.0 Å². The van der Waals surface area contributed by atoms with Crippen molar-refractivity contribution in [3.63, 3.8) is 0 Å². The zero-order valence-electron chi connectivity index (χ0n) is 17.3. The van der Waals surface area contributed by atoms with Gasteiger partial charge in [-0.05, 0) is 36.8 Å². The highest BCUT2D eigenvalue weighted by Crippen LogP contribution is 2.22. The number of urea groups is 1. The maximum Gasteiger partial charge on any atom is 0.317 e. The molecule has 1 aliphatic heterocycles. The van der Waals surface area contributed by atoms with Crippen molar-refractivity contribution < 1.29 is 21.6 Å². The summed E-state index contributed by atoms with van der Waals surface area (Å²) in [5, 5.41) is 17.1. The molecule has 0 bridgehead atoms. The summed E-state index contributed by atoms with van der Waals surface area (Å²) in [6, 6.07) is 13.0. The normalized spacial score (nSPS) is 16.2. The fourth-order valence-corrected chi connectivity index (χ4v) is 5.51. The second-order valence-electron chi connectivity index (χ2n) is 7.29. The summed E-state index contributed by atoms with van der Waals surface area (Å²) in [6.45, 7) is 2.22. The standard InChI is InChI=1S/C20H23N5O5S2/c1-15(16-6-4-7-18(13-16)31(22,27)28)23-20(26)24-9-11-25(12-10-24)32(29,30)19-8-3-2-5-17(19)14-21/h2-8,13,15H,9-12H2,1H3,(H,23,26)(H2,22,27,28)/t15-/m0/s1. The van der Waals surface area contributed by atoms with Gasteiger partial charge in [0.05, 0.1) is 21.4 Å². The molecule has 2 amide bonds. The van der Waals surface area contributed by atoms with Gasteiger partial charge in [-0.2, -0.15) is 9.57 Å². The van der Waals surface area contributed by atoms with Crippen LogP contribution in [-0.4, -0.2) is 58.3 Å². The fourth-order valence-electron chi connectivity index (χ4n) is 3.38. The lowest BCUT2D eigenvalue weighted by molar-refractivity contribution is 0.169. The first kappa shape index (κ1) is 23.7. The molecule has 10 nitrogen and oxygen atoms in total. The maximum atomic E-state index is 12.9. The number of nitrogens with zero attached hydrogens (tertiary/aromatic N) is 3. The molecule has 0 unspecified atom stereocenters. The topological polar surface area (TPSA) is 154 Å². The lowest BCUT2D eigenvalue weighted by Crippen LogP contribution is -2.53. The molecule has 170 valence electrons. The van der Waals surface area contributed by atoms with Crippen LogP contribution in [0.5, 0.6) is 0 Å². The number of benzene rings is 2. The van der Waals surface area contributed by atoms with Gasteiger partial charge in [-0.25, -0.2) is 26.8 Å². The molecular weight excluding hydrogens is 454 g/mol. The Morgan fingerprint density at radius 3 is 2.34 bits per heavy atom. The summed E-state index contributed by atoms with van der Waals surface area (Å²) in [6.07, 6.45) is 0. The molecule has 0 aromatic heterocycles. The number of nitrogens with two attached hydrogens (primary N) is 1. The van der Waals surface area contributed by atoms with Crippen molar-refractivity contribution in [2.75, 3.05) is 26.2 Å². The number of carbonyl (C=O) groups excluding carboxylic acids is 1. The fraction of sp³-hybridized carbons (Fsp3) is 0.300. The van der Waals surface area contributed by atoms with E-state index in [1.807, 2.05) is 6.07 Å². The number of nitrogens with one attached hydrogen (secondary N) is 1. The van der Waals surface area contributed by atoms with Crippen molar-refractivity contribution in [2.24, 2.45) is 5.14 Å². The summed E-state index contributed by atoms with van der Waals surface area (Å²) in [5.41, 5.74) is 0.641. The van der Waals surface area contributed by atoms with Gasteiger partial charge in [-0.15, -0.1) is 0 Å². The molecule has 0 radical (unpaired) electrons. The van der Waals surface area contributed by atoms with Gasteiger partial charge >= 0.3 is 6.03 Å². The molecule has 1 atom stereocenters. The highest BCUT2D eigenvalue weighted by atomic mass is 32.2. The number of amides is 2. The first-order chi connectivity index (χ1) is 15.0. The van der Waals surface area contributed by atoms with E-state index < -0.39 is 32.1 Å². The summed E-state index contributed by atoms with van der Waals surface area (Å²) in [4.78, 5) is 14.0. The monoisotopic (exact) mass is 477 g/mol. The number of piperazine rings is 1. The van der Waals surface area contributed by atoms with E-state index in [-0.39, 0.29) is 41.5 Å². The van der Waals surface area contributed by atoms with Crippen molar-refractivity contribution in [3.05, 3.63) is 59.7 Å². The minimum absolute atomic E-state index is 0.0485. The first-order valence-corrected chi connectivity index (χ1v) is 12.7. The van der Waals surface area contributed by atoms with E-state index in [0.29, 0.717) is 5.56 Å². The Labute approximate surface area is 187 Å². The summed E-state index contributed by atoms with van der Waals surface area (Å²) >= 11 is 0. The smallest absolute Gasteiger partial charge is 0.317 e. The highest BCUT2D eigenvalue weighted by Gasteiger charge is 2.32. The van der Waals surface area contributed by atoms with Gasteiger partial charge in [0.25, 0.3) is 0 Å². The predicted octanol–water partition coefficient (Wildman–Crippen LogP) is 0.983. The molecule has 1 fully saturated rings. The van der Waals surface area contributed by atoms with Crippen LogP contribution in [0.4, 0.5) is 4.79 Å². The number of nitriles is 1. The number of hydrogen-bond acceptors (Lipinski definition) is 6. The number of carbonyl (C=O) groups is 1. The molecule has 2 aromatic rings. The van der Waals surface area contributed by atoms with E-state index in [9.17, 15) is 26.9 Å². The second-order valence-corrected chi connectivity index (χ2v) is 10.8. The van der Waals surface area contributed by atoms with Crippen LogP contribution in [0.2, 0.25) is 0 Å². The zero-order chi connectivity index (χ0) is 23.5. The second kappa shape index (κ2) is 9.25. The van der Waals surface area contributed by atoms with Crippen LogP contribution in [-0.2, 0) is 20.0 Å². The SMILES string of the molecule is C[C@H](NC(=O)N1CCN(S(=O)(=O)c2ccccc2C#N)CC1)c1cccc(S(N)(=O)=O)c1. The largest absolute Gasteiger partial charge is 0.331 e. The third-order valence-electron chi connectivity index (χ3n) is 5.18. The van der Waals surface area contributed by atoms with Crippen LogP contribution in [0, 0.1) is 11.3 Å². The van der Waals surface area contributed by atoms with Gasteiger partial charge < -0.3 is 10.2 Å². The average Bonchev–Trinajstić information content (AvgIpc) is 2.78. The van der Waals surface area contributed by atoms with Crippen LogP contribution in [0.25, 0.3) is 0 Å². The maximum absolute atomic E-state index is 12.9. The molecule has 1 saturated heterocycles. The predicted molar refractivity (Wildman–Crippen MR) is 116 cm³/mol. The molecule has 1 aliphatic rings. The van der Waals surface area contributed by atoms with E-state index >= 15 is 0 Å². The van der Waals surface area contributed by atoms with Crippen molar-refractivity contribution in [1.82, 2.24) is 14.5 Å². The third kappa shape index (κ3) is 5.08. The molecule has 12 heteroatoms. The Balaban J connectivity index is 1.64. The van der Waals surface area contributed by atoms with E-state index in [0.717, 1.165) is 0 Å². The van der Waals surface area contributed by atoms with Crippen LogP contribution in [0.1, 0.15) is 24.1 Å².